The van der Waals surface area contributed by atoms with Gasteiger partial charge in [0.25, 0.3) is 0 Å². The van der Waals surface area contributed by atoms with Crippen molar-refractivity contribution in [2.45, 2.75) is 65.3 Å². The summed E-state index contributed by atoms with van der Waals surface area (Å²) in [6.45, 7) is 15.7. The van der Waals surface area contributed by atoms with Crippen LogP contribution < -0.4 is 4.57 Å². The third-order valence-electron chi connectivity index (χ3n) is 8.53. The quantitative estimate of drug-likeness (QED) is 0.439. The van der Waals surface area contributed by atoms with Crippen LogP contribution in [0.5, 0.6) is 0 Å². The monoisotopic (exact) mass is 356 g/mol. The molecule has 2 aromatic carbocycles. The lowest BCUT2D eigenvalue weighted by atomic mass is 9.59. The van der Waals surface area contributed by atoms with Gasteiger partial charge in [0.15, 0.2) is 12.7 Å². The van der Waals surface area contributed by atoms with Crippen molar-refractivity contribution in [3.05, 3.63) is 65.4 Å². The third kappa shape index (κ3) is 1.93. The summed E-state index contributed by atoms with van der Waals surface area (Å²) in [6, 6.07) is 16.3. The van der Waals surface area contributed by atoms with Crippen LogP contribution >= 0.6 is 0 Å². The first-order chi connectivity index (χ1) is 12.7. The molecule has 3 aromatic rings. The first kappa shape index (κ1) is 17.0. The molecule has 27 heavy (non-hydrogen) atoms. The predicted molar refractivity (Wildman–Crippen MR) is 113 cm³/mol. The Morgan fingerprint density at radius 1 is 0.815 bits per heavy atom. The summed E-state index contributed by atoms with van der Waals surface area (Å²) in [7, 11) is 0. The van der Waals surface area contributed by atoms with E-state index < -0.39 is 0 Å². The molecule has 2 heterocycles. The van der Waals surface area contributed by atoms with E-state index in [-0.39, 0.29) is 16.2 Å². The lowest BCUT2D eigenvalue weighted by Crippen LogP contribution is -2.42. The first-order valence-electron chi connectivity index (χ1n) is 10.3. The van der Waals surface area contributed by atoms with Crippen molar-refractivity contribution >= 4 is 10.8 Å². The molecule has 0 N–H and O–H groups in total. The van der Waals surface area contributed by atoms with Crippen molar-refractivity contribution in [1.29, 1.82) is 0 Å². The lowest BCUT2D eigenvalue weighted by Gasteiger charge is -2.44. The SMILES string of the molecule is CC1(C)c2cc3cc[n+]4c(c3cc2C(C)(C)C1(C)C)-c1ccccc1CC4. The van der Waals surface area contributed by atoms with E-state index >= 15 is 0 Å². The predicted octanol–water partition coefficient (Wildman–Crippen LogP) is 5.95. The van der Waals surface area contributed by atoms with E-state index in [1.807, 2.05) is 0 Å². The number of hydrogen-bond donors (Lipinski definition) is 0. The zero-order valence-electron chi connectivity index (χ0n) is 17.5. The van der Waals surface area contributed by atoms with Crippen LogP contribution in [0.15, 0.2) is 48.7 Å². The summed E-state index contributed by atoms with van der Waals surface area (Å²) < 4.78 is 2.45. The molecule has 0 spiro atoms. The molecule has 1 aromatic heterocycles. The average molecular weight is 357 g/mol. The van der Waals surface area contributed by atoms with Gasteiger partial charge in [0.05, 0.1) is 10.9 Å². The van der Waals surface area contributed by atoms with Crippen LogP contribution in [0.2, 0.25) is 0 Å². The van der Waals surface area contributed by atoms with Crippen LogP contribution in [0.4, 0.5) is 0 Å². The first-order valence-corrected chi connectivity index (χ1v) is 10.3. The van der Waals surface area contributed by atoms with Gasteiger partial charge >= 0.3 is 0 Å². The number of hydrogen-bond acceptors (Lipinski definition) is 0. The van der Waals surface area contributed by atoms with Crippen LogP contribution in [0.3, 0.4) is 0 Å². The lowest BCUT2D eigenvalue weighted by molar-refractivity contribution is -0.686. The molecule has 0 saturated heterocycles. The number of aryl methyl sites for hydroxylation is 2. The molecule has 138 valence electrons. The van der Waals surface area contributed by atoms with Gasteiger partial charge in [0.1, 0.15) is 0 Å². The number of benzene rings is 2. The summed E-state index contributed by atoms with van der Waals surface area (Å²) in [4.78, 5) is 0. The maximum absolute atomic E-state index is 2.52. The van der Waals surface area contributed by atoms with Crippen molar-refractivity contribution in [3.63, 3.8) is 0 Å². The van der Waals surface area contributed by atoms with E-state index in [9.17, 15) is 0 Å². The molecule has 0 bridgehead atoms. The second-order valence-electron chi connectivity index (χ2n) is 10.1. The van der Waals surface area contributed by atoms with Gasteiger partial charge < -0.3 is 0 Å². The van der Waals surface area contributed by atoms with Gasteiger partial charge in [-0.25, -0.2) is 0 Å². The van der Waals surface area contributed by atoms with E-state index in [1.165, 1.54) is 38.7 Å². The van der Waals surface area contributed by atoms with Crippen LogP contribution in [0.1, 0.15) is 58.2 Å². The maximum Gasteiger partial charge on any atom is 0.220 e. The van der Waals surface area contributed by atoms with Crippen molar-refractivity contribution in [2.24, 2.45) is 5.41 Å². The fourth-order valence-corrected chi connectivity index (χ4v) is 5.54. The van der Waals surface area contributed by atoms with Crippen LogP contribution in [-0.2, 0) is 23.8 Å². The van der Waals surface area contributed by atoms with Crippen molar-refractivity contribution in [1.82, 2.24) is 0 Å². The fourth-order valence-electron chi connectivity index (χ4n) is 5.54. The summed E-state index contributed by atoms with van der Waals surface area (Å²) in [6.07, 6.45) is 3.41. The Bertz CT molecular complexity index is 1100. The number of fused-ring (bicyclic) bond motifs is 6. The highest BCUT2D eigenvalue weighted by molar-refractivity contribution is 5.95. The van der Waals surface area contributed by atoms with Gasteiger partial charge in [0.2, 0.25) is 5.69 Å². The second-order valence-corrected chi connectivity index (χ2v) is 10.1. The number of nitrogens with zero attached hydrogens (tertiary/aromatic N) is 1. The Hall–Kier alpha value is -2.15. The molecule has 5 rings (SSSR count). The molecular weight excluding hydrogens is 326 g/mol. The molecule has 0 amide bonds. The topological polar surface area (TPSA) is 3.88 Å². The number of pyridine rings is 1. The standard InChI is InChI=1S/C26H30N/c1-24(2)21-15-18-12-14-27-13-11-17-9-7-8-10-19(17)23(27)20(18)16-22(21)25(3,4)26(24,5)6/h7-10,12,14-16H,11,13H2,1-6H3/q+1. The largest absolute Gasteiger partial charge is 0.220 e. The molecule has 1 aliphatic heterocycles. The minimum atomic E-state index is 0.140. The minimum absolute atomic E-state index is 0.140. The number of aromatic nitrogens is 1. The summed E-state index contributed by atoms with van der Waals surface area (Å²) >= 11 is 0. The third-order valence-corrected chi connectivity index (χ3v) is 8.53. The number of rotatable bonds is 0. The smallest absolute Gasteiger partial charge is 0.197 e. The average Bonchev–Trinajstić information content (AvgIpc) is 2.75. The molecule has 1 heteroatoms. The molecule has 1 aliphatic carbocycles. The van der Waals surface area contributed by atoms with Gasteiger partial charge in [-0.15, -0.1) is 0 Å². The van der Waals surface area contributed by atoms with E-state index in [2.05, 4.69) is 94.8 Å². The van der Waals surface area contributed by atoms with E-state index in [0.29, 0.717) is 0 Å². The summed E-state index contributed by atoms with van der Waals surface area (Å²) in [5.74, 6) is 0. The van der Waals surface area contributed by atoms with Crippen molar-refractivity contribution < 1.29 is 4.57 Å². The molecule has 1 nitrogen and oxygen atoms in total. The highest BCUT2D eigenvalue weighted by atomic mass is 15.0. The van der Waals surface area contributed by atoms with Gasteiger partial charge in [-0.2, -0.15) is 4.57 Å². The zero-order valence-corrected chi connectivity index (χ0v) is 17.5. The summed E-state index contributed by atoms with van der Waals surface area (Å²) in [5.41, 5.74) is 7.83. The Morgan fingerprint density at radius 3 is 2.22 bits per heavy atom. The van der Waals surface area contributed by atoms with Gasteiger partial charge in [-0.05, 0) is 56.5 Å². The highest BCUT2D eigenvalue weighted by Gasteiger charge is 2.56. The van der Waals surface area contributed by atoms with Crippen molar-refractivity contribution in [2.75, 3.05) is 0 Å². The van der Waals surface area contributed by atoms with E-state index in [4.69, 9.17) is 0 Å². The van der Waals surface area contributed by atoms with Crippen LogP contribution in [-0.4, -0.2) is 0 Å². The fraction of sp³-hybridized carbons (Fsp3) is 0.423. The van der Waals surface area contributed by atoms with Gasteiger partial charge in [-0.1, -0.05) is 59.7 Å². The Labute approximate surface area is 163 Å². The highest BCUT2D eigenvalue weighted by Crippen LogP contribution is 2.62. The second kappa shape index (κ2) is 5.01. The van der Waals surface area contributed by atoms with Gasteiger partial charge in [0, 0.05) is 12.5 Å². The van der Waals surface area contributed by atoms with E-state index in [1.54, 1.807) is 0 Å². The molecule has 0 fully saturated rings. The maximum atomic E-state index is 2.52. The van der Waals surface area contributed by atoms with Crippen molar-refractivity contribution in [3.8, 4) is 11.3 Å². The zero-order chi connectivity index (χ0) is 19.2. The van der Waals surface area contributed by atoms with Gasteiger partial charge in [-0.3, -0.25) is 0 Å². The van der Waals surface area contributed by atoms with E-state index in [0.717, 1.165) is 13.0 Å². The molecule has 0 saturated carbocycles. The Kier molecular flexibility index (Phi) is 3.15. The molecule has 0 radical (unpaired) electrons. The van der Waals surface area contributed by atoms with Crippen LogP contribution in [0, 0.1) is 5.41 Å². The summed E-state index contributed by atoms with van der Waals surface area (Å²) in [5, 5.41) is 2.78. The molecule has 0 atom stereocenters. The Balaban J connectivity index is 1.89. The Morgan fingerprint density at radius 2 is 1.48 bits per heavy atom. The van der Waals surface area contributed by atoms with Crippen LogP contribution in [0.25, 0.3) is 22.0 Å². The minimum Gasteiger partial charge on any atom is -0.197 e. The molecule has 2 aliphatic rings. The molecular formula is C26H30N+. The molecule has 0 unspecified atom stereocenters. The normalized spacial score (nSPS) is 20.8.